The Balaban J connectivity index is 2.59. The van der Waals surface area contributed by atoms with E-state index in [4.69, 9.17) is 4.74 Å². The van der Waals surface area contributed by atoms with E-state index in [0.717, 1.165) is 5.56 Å². The fraction of sp³-hybridized carbons (Fsp3) is 0.417. The van der Waals surface area contributed by atoms with E-state index in [9.17, 15) is 18.0 Å². The van der Waals surface area contributed by atoms with Crippen molar-refractivity contribution in [1.82, 2.24) is 5.32 Å². The van der Waals surface area contributed by atoms with Crippen LogP contribution in [-0.2, 0) is 11.2 Å². The maximum Gasteiger partial charge on any atom is 0.471 e. The first-order valence-electron chi connectivity index (χ1n) is 5.33. The van der Waals surface area contributed by atoms with E-state index in [1.54, 1.807) is 24.3 Å². The summed E-state index contributed by atoms with van der Waals surface area (Å²) in [4.78, 5) is 10.7. The van der Waals surface area contributed by atoms with E-state index >= 15 is 0 Å². The predicted octanol–water partition coefficient (Wildman–Crippen LogP) is 2.30. The maximum absolute atomic E-state index is 12.0. The number of methoxy groups -OCH3 is 1. The van der Waals surface area contributed by atoms with Crippen molar-refractivity contribution in [2.45, 2.75) is 25.6 Å². The van der Waals surface area contributed by atoms with Gasteiger partial charge in [0.25, 0.3) is 0 Å². The summed E-state index contributed by atoms with van der Waals surface area (Å²) in [7, 11) is 1.51. The maximum atomic E-state index is 12.0. The van der Waals surface area contributed by atoms with Gasteiger partial charge >= 0.3 is 12.1 Å². The first-order valence-corrected chi connectivity index (χ1v) is 5.33. The van der Waals surface area contributed by atoms with Crippen LogP contribution in [-0.4, -0.2) is 25.2 Å². The molecule has 1 aromatic carbocycles. The number of alkyl halides is 3. The molecule has 0 spiro atoms. The number of benzene rings is 1. The van der Waals surface area contributed by atoms with E-state index in [1.807, 2.05) is 5.32 Å². The van der Waals surface area contributed by atoms with Gasteiger partial charge in [-0.2, -0.15) is 13.2 Å². The van der Waals surface area contributed by atoms with Gasteiger partial charge in [0.15, 0.2) is 0 Å². The molecule has 1 rings (SSSR count). The molecule has 6 heteroatoms. The zero-order valence-electron chi connectivity index (χ0n) is 10.0. The Bertz CT molecular complexity index is 418. The average molecular weight is 261 g/mol. The Labute approximate surface area is 103 Å². The highest BCUT2D eigenvalue weighted by Crippen LogP contribution is 2.16. The van der Waals surface area contributed by atoms with E-state index in [2.05, 4.69) is 0 Å². The van der Waals surface area contributed by atoms with Gasteiger partial charge in [-0.15, -0.1) is 0 Å². The second-order valence-corrected chi connectivity index (χ2v) is 3.93. The van der Waals surface area contributed by atoms with Crippen molar-refractivity contribution in [3.05, 3.63) is 29.8 Å². The second kappa shape index (κ2) is 5.75. The first kappa shape index (κ1) is 14.3. The molecule has 1 amide bonds. The summed E-state index contributed by atoms with van der Waals surface area (Å²) in [6.45, 7) is 1.52. The van der Waals surface area contributed by atoms with Crippen molar-refractivity contribution >= 4 is 5.91 Å². The summed E-state index contributed by atoms with van der Waals surface area (Å²) in [5.41, 5.74) is 0.796. The predicted molar refractivity (Wildman–Crippen MR) is 60.4 cm³/mol. The molecule has 0 aliphatic heterocycles. The molecule has 0 radical (unpaired) electrons. The van der Waals surface area contributed by atoms with Crippen LogP contribution < -0.4 is 10.1 Å². The zero-order valence-corrected chi connectivity index (χ0v) is 10.0. The minimum absolute atomic E-state index is 0.305. The van der Waals surface area contributed by atoms with E-state index in [1.165, 1.54) is 14.0 Å². The number of amides is 1. The van der Waals surface area contributed by atoms with E-state index < -0.39 is 18.1 Å². The zero-order chi connectivity index (χ0) is 13.8. The minimum Gasteiger partial charge on any atom is -0.497 e. The smallest absolute Gasteiger partial charge is 0.471 e. The van der Waals surface area contributed by atoms with Gasteiger partial charge in [-0.3, -0.25) is 4.79 Å². The van der Waals surface area contributed by atoms with Gasteiger partial charge in [0.05, 0.1) is 7.11 Å². The van der Waals surface area contributed by atoms with Crippen molar-refractivity contribution in [3.8, 4) is 5.75 Å². The molecule has 0 saturated carbocycles. The van der Waals surface area contributed by atoms with Crippen LogP contribution in [0, 0.1) is 0 Å². The van der Waals surface area contributed by atoms with E-state index in [-0.39, 0.29) is 0 Å². The molecule has 0 aromatic heterocycles. The number of carbonyl (C=O) groups excluding carboxylic acids is 1. The molecule has 18 heavy (non-hydrogen) atoms. The van der Waals surface area contributed by atoms with Gasteiger partial charge in [0, 0.05) is 6.04 Å². The van der Waals surface area contributed by atoms with Crippen molar-refractivity contribution < 1.29 is 22.7 Å². The average Bonchev–Trinajstić information content (AvgIpc) is 2.27. The van der Waals surface area contributed by atoms with Crippen LogP contribution in [0.1, 0.15) is 12.5 Å². The van der Waals surface area contributed by atoms with E-state index in [0.29, 0.717) is 12.2 Å². The molecular weight excluding hydrogens is 247 g/mol. The van der Waals surface area contributed by atoms with Crippen LogP contribution in [0.5, 0.6) is 5.75 Å². The lowest BCUT2D eigenvalue weighted by molar-refractivity contribution is -0.174. The molecule has 1 N–H and O–H groups in total. The highest BCUT2D eigenvalue weighted by molar-refractivity contribution is 5.81. The number of hydrogen-bond donors (Lipinski definition) is 1. The lowest BCUT2D eigenvalue weighted by atomic mass is 10.1. The Morgan fingerprint density at radius 2 is 2.11 bits per heavy atom. The fourth-order valence-corrected chi connectivity index (χ4v) is 1.51. The Kier molecular flexibility index (Phi) is 4.58. The van der Waals surface area contributed by atoms with Crippen LogP contribution in [0.3, 0.4) is 0 Å². The molecule has 3 nitrogen and oxygen atoms in total. The molecule has 0 aliphatic carbocycles. The topological polar surface area (TPSA) is 38.3 Å². The Morgan fingerprint density at radius 1 is 1.44 bits per heavy atom. The van der Waals surface area contributed by atoms with Gasteiger partial charge in [-0.1, -0.05) is 12.1 Å². The molecular formula is C12H14F3NO2. The molecule has 0 saturated heterocycles. The first-order chi connectivity index (χ1) is 8.32. The molecule has 0 fully saturated rings. The lowest BCUT2D eigenvalue weighted by Crippen LogP contribution is -2.42. The van der Waals surface area contributed by atoms with Gasteiger partial charge in [0.2, 0.25) is 0 Å². The molecule has 0 unspecified atom stereocenters. The second-order valence-electron chi connectivity index (χ2n) is 3.93. The molecule has 0 bridgehead atoms. The van der Waals surface area contributed by atoms with Crippen molar-refractivity contribution in [2.75, 3.05) is 7.11 Å². The Morgan fingerprint density at radius 3 is 2.67 bits per heavy atom. The summed E-state index contributed by atoms with van der Waals surface area (Å²) in [6, 6.07) is 6.36. The standard InChI is InChI=1S/C12H14F3NO2/c1-8(16-11(17)12(13,14)15)6-9-4-3-5-10(7-9)18-2/h3-5,7-8H,6H2,1-2H3,(H,16,17)/t8-/m0/s1. The van der Waals surface area contributed by atoms with Crippen LogP contribution in [0.4, 0.5) is 13.2 Å². The van der Waals surface area contributed by atoms with Crippen molar-refractivity contribution in [2.24, 2.45) is 0 Å². The molecule has 100 valence electrons. The summed E-state index contributed by atoms with van der Waals surface area (Å²) >= 11 is 0. The third-order valence-corrected chi connectivity index (χ3v) is 2.31. The number of halogens is 3. The summed E-state index contributed by atoms with van der Waals surface area (Å²) in [6.07, 6.45) is -4.54. The highest BCUT2D eigenvalue weighted by atomic mass is 19.4. The van der Waals surface area contributed by atoms with Gasteiger partial charge in [0.1, 0.15) is 5.75 Å². The monoisotopic (exact) mass is 261 g/mol. The highest BCUT2D eigenvalue weighted by Gasteiger charge is 2.39. The van der Waals surface area contributed by atoms with Crippen molar-refractivity contribution in [3.63, 3.8) is 0 Å². The molecule has 1 atom stereocenters. The van der Waals surface area contributed by atoms with Crippen LogP contribution >= 0.6 is 0 Å². The summed E-state index contributed by atoms with van der Waals surface area (Å²) < 4.78 is 41.1. The molecule has 0 heterocycles. The largest absolute Gasteiger partial charge is 0.497 e. The van der Waals surface area contributed by atoms with Crippen LogP contribution in [0.2, 0.25) is 0 Å². The minimum atomic E-state index is -4.84. The fourth-order valence-electron chi connectivity index (χ4n) is 1.51. The number of nitrogens with one attached hydrogen (secondary N) is 1. The van der Waals surface area contributed by atoms with Gasteiger partial charge < -0.3 is 10.1 Å². The van der Waals surface area contributed by atoms with Crippen molar-refractivity contribution in [1.29, 1.82) is 0 Å². The lowest BCUT2D eigenvalue weighted by Gasteiger charge is -2.15. The number of rotatable bonds is 4. The third kappa shape index (κ3) is 4.27. The Hall–Kier alpha value is -1.72. The number of hydrogen-bond acceptors (Lipinski definition) is 2. The summed E-state index contributed by atoms with van der Waals surface area (Å²) in [5.74, 6) is -1.29. The van der Waals surface area contributed by atoms with Gasteiger partial charge in [-0.05, 0) is 31.0 Å². The summed E-state index contributed by atoms with van der Waals surface area (Å²) in [5, 5.41) is 1.90. The van der Waals surface area contributed by atoms with Crippen LogP contribution in [0.25, 0.3) is 0 Å². The SMILES string of the molecule is COc1cccc(C[C@H](C)NC(=O)C(F)(F)F)c1. The number of ether oxygens (including phenoxy) is 1. The number of carbonyl (C=O) groups is 1. The quantitative estimate of drug-likeness (QED) is 0.903. The third-order valence-electron chi connectivity index (χ3n) is 2.31. The van der Waals surface area contributed by atoms with Crippen LogP contribution in [0.15, 0.2) is 24.3 Å². The van der Waals surface area contributed by atoms with Gasteiger partial charge in [-0.25, -0.2) is 0 Å². The normalized spacial score (nSPS) is 12.9. The molecule has 1 aromatic rings. The molecule has 0 aliphatic rings.